The standard InChI is InChI=1S/C23H25ClN2O2S/c1-16(2)12-26(23(27)18-6-4-5-17(3)11-18)13-20-15-29-22(25-20)14-28-21-9-7-19(24)8-10-21/h4-11,15-16H,12-14H2,1-3H3. The third-order valence-electron chi connectivity index (χ3n) is 4.27. The first kappa shape index (κ1) is 21.3. The third kappa shape index (κ3) is 6.31. The summed E-state index contributed by atoms with van der Waals surface area (Å²) in [4.78, 5) is 19.6. The van der Waals surface area contributed by atoms with E-state index in [-0.39, 0.29) is 5.91 Å². The maximum Gasteiger partial charge on any atom is 0.254 e. The van der Waals surface area contributed by atoms with E-state index >= 15 is 0 Å². The molecule has 0 bridgehead atoms. The van der Waals surface area contributed by atoms with Crippen molar-refractivity contribution in [2.45, 2.75) is 33.9 Å². The van der Waals surface area contributed by atoms with Crippen molar-refractivity contribution in [1.82, 2.24) is 9.88 Å². The van der Waals surface area contributed by atoms with Gasteiger partial charge in [0.25, 0.3) is 5.91 Å². The monoisotopic (exact) mass is 428 g/mol. The molecule has 0 aliphatic heterocycles. The van der Waals surface area contributed by atoms with Crippen LogP contribution in [-0.4, -0.2) is 22.3 Å². The molecule has 29 heavy (non-hydrogen) atoms. The highest BCUT2D eigenvalue weighted by atomic mass is 35.5. The van der Waals surface area contributed by atoms with Crippen molar-refractivity contribution in [3.63, 3.8) is 0 Å². The number of nitrogens with zero attached hydrogens (tertiary/aromatic N) is 2. The molecule has 0 saturated heterocycles. The molecule has 4 nitrogen and oxygen atoms in total. The summed E-state index contributed by atoms with van der Waals surface area (Å²) in [6, 6.07) is 15.0. The van der Waals surface area contributed by atoms with Crippen molar-refractivity contribution in [3.8, 4) is 5.75 Å². The molecule has 6 heteroatoms. The number of ether oxygens (including phenoxy) is 1. The van der Waals surface area contributed by atoms with Gasteiger partial charge in [0.05, 0.1) is 12.2 Å². The van der Waals surface area contributed by atoms with Crippen LogP contribution >= 0.6 is 22.9 Å². The van der Waals surface area contributed by atoms with Gasteiger partial charge >= 0.3 is 0 Å². The second kappa shape index (κ2) is 9.90. The van der Waals surface area contributed by atoms with E-state index in [4.69, 9.17) is 16.3 Å². The number of amides is 1. The molecule has 1 aromatic heterocycles. The largest absolute Gasteiger partial charge is 0.486 e. The Morgan fingerprint density at radius 2 is 1.97 bits per heavy atom. The first-order valence-electron chi connectivity index (χ1n) is 9.58. The summed E-state index contributed by atoms with van der Waals surface area (Å²) >= 11 is 7.44. The van der Waals surface area contributed by atoms with Crippen molar-refractivity contribution in [2.24, 2.45) is 5.92 Å². The predicted molar refractivity (Wildman–Crippen MR) is 119 cm³/mol. The van der Waals surface area contributed by atoms with Gasteiger partial charge < -0.3 is 9.64 Å². The van der Waals surface area contributed by atoms with Gasteiger partial charge in [-0.3, -0.25) is 4.79 Å². The van der Waals surface area contributed by atoms with Crippen LogP contribution in [0.25, 0.3) is 0 Å². The molecule has 0 unspecified atom stereocenters. The van der Waals surface area contributed by atoms with Crippen LogP contribution in [0.15, 0.2) is 53.9 Å². The fraction of sp³-hybridized carbons (Fsp3) is 0.304. The van der Waals surface area contributed by atoms with Crippen molar-refractivity contribution in [1.29, 1.82) is 0 Å². The molecule has 0 atom stereocenters. The van der Waals surface area contributed by atoms with Gasteiger partial charge in [-0.1, -0.05) is 43.1 Å². The maximum absolute atomic E-state index is 13.0. The van der Waals surface area contributed by atoms with E-state index in [1.54, 1.807) is 23.5 Å². The van der Waals surface area contributed by atoms with Crippen LogP contribution < -0.4 is 4.74 Å². The van der Waals surface area contributed by atoms with Gasteiger partial charge in [-0.25, -0.2) is 4.98 Å². The van der Waals surface area contributed by atoms with Gasteiger partial charge in [-0.05, 0) is 49.2 Å². The minimum Gasteiger partial charge on any atom is -0.486 e. The maximum atomic E-state index is 13.0. The van der Waals surface area contributed by atoms with Crippen molar-refractivity contribution in [2.75, 3.05) is 6.54 Å². The van der Waals surface area contributed by atoms with Crippen LogP contribution in [0.4, 0.5) is 0 Å². The fourth-order valence-electron chi connectivity index (χ4n) is 2.98. The highest BCUT2D eigenvalue weighted by molar-refractivity contribution is 7.09. The lowest BCUT2D eigenvalue weighted by molar-refractivity contribution is 0.0720. The molecule has 0 radical (unpaired) electrons. The van der Waals surface area contributed by atoms with Crippen LogP contribution in [0.5, 0.6) is 5.75 Å². The Hall–Kier alpha value is -2.37. The molecule has 0 aliphatic rings. The average molecular weight is 429 g/mol. The van der Waals surface area contributed by atoms with Crippen LogP contribution in [0.2, 0.25) is 5.02 Å². The molecule has 1 heterocycles. The van der Waals surface area contributed by atoms with Crippen LogP contribution in [0, 0.1) is 12.8 Å². The summed E-state index contributed by atoms with van der Waals surface area (Å²) in [6.45, 7) is 7.79. The number of hydrogen-bond donors (Lipinski definition) is 0. The van der Waals surface area contributed by atoms with E-state index in [0.717, 1.165) is 22.0 Å². The Morgan fingerprint density at radius 3 is 2.66 bits per heavy atom. The zero-order valence-corrected chi connectivity index (χ0v) is 18.5. The Kier molecular flexibility index (Phi) is 7.29. The smallest absolute Gasteiger partial charge is 0.254 e. The number of aryl methyl sites for hydroxylation is 1. The molecule has 0 aliphatic carbocycles. The second-order valence-corrected chi connectivity index (χ2v) is 8.80. The minimum absolute atomic E-state index is 0.0364. The summed E-state index contributed by atoms with van der Waals surface area (Å²) in [6.07, 6.45) is 0. The third-order valence-corrected chi connectivity index (χ3v) is 5.39. The van der Waals surface area contributed by atoms with Gasteiger partial charge in [0.15, 0.2) is 0 Å². The molecule has 3 aromatic rings. The number of rotatable bonds is 8. The second-order valence-electron chi connectivity index (χ2n) is 7.42. The first-order chi connectivity index (χ1) is 13.9. The molecular weight excluding hydrogens is 404 g/mol. The summed E-state index contributed by atoms with van der Waals surface area (Å²) < 4.78 is 5.77. The number of carbonyl (C=O) groups excluding carboxylic acids is 1. The fourth-order valence-corrected chi connectivity index (χ4v) is 3.80. The zero-order chi connectivity index (χ0) is 20.8. The van der Waals surface area contributed by atoms with Gasteiger partial charge in [0.1, 0.15) is 17.4 Å². The Morgan fingerprint density at radius 1 is 1.21 bits per heavy atom. The van der Waals surface area contributed by atoms with Crippen LogP contribution in [0.3, 0.4) is 0 Å². The quantitative estimate of drug-likeness (QED) is 0.443. The van der Waals surface area contributed by atoms with E-state index in [1.807, 2.05) is 53.6 Å². The molecule has 0 spiro atoms. The lowest BCUT2D eigenvalue weighted by atomic mass is 10.1. The van der Waals surface area contributed by atoms with Gasteiger partial charge in [-0.2, -0.15) is 0 Å². The lowest BCUT2D eigenvalue weighted by Crippen LogP contribution is -2.34. The summed E-state index contributed by atoms with van der Waals surface area (Å²) in [5.74, 6) is 1.16. The number of thiazole rings is 1. The lowest BCUT2D eigenvalue weighted by Gasteiger charge is -2.24. The summed E-state index contributed by atoms with van der Waals surface area (Å²) in [7, 11) is 0. The SMILES string of the molecule is Cc1cccc(C(=O)N(Cc2csc(COc3ccc(Cl)cc3)n2)CC(C)C)c1. The Balaban J connectivity index is 1.66. The molecule has 0 saturated carbocycles. The van der Waals surface area contributed by atoms with E-state index in [1.165, 1.54) is 0 Å². The van der Waals surface area contributed by atoms with E-state index < -0.39 is 0 Å². The molecule has 0 N–H and O–H groups in total. The van der Waals surface area contributed by atoms with Gasteiger partial charge in [-0.15, -0.1) is 11.3 Å². The zero-order valence-electron chi connectivity index (χ0n) is 16.9. The highest BCUT2D eigenvalue weighted by Gasteiger charge is 2.19. The van der Waals surface area contributed by atoms with E-state index in [2.05, 4.69) is 18.8 Å². The summed E-state index contributed by atoms with van der Waals surface area (Å²) in [5.41, 5.74) is 2.68. The predicted octanol–water partition coefficient (Wildman–Crippen LogP) is 5.98. The Labute approximate surface area is 181 Å². The van der Waals surface area contributed by atoms with Crippen molar-refractivity contribution < 1.29 is 9.53 Å². The normalized spacial score (nSPS) is 10.9. The number of aromatic nitrogens is 1. The number of benzene rings is 2. The molecule has 3 rings (SSSR count). The molecular formula is C23H25ClN2O2S. The number of halogens is 1. The molecule has 152 valence electrons. The van der Waals surface area contributed by atoms with Crippen LogP contribution in [0.1, 0.15) is 40.5 Å². The topological polar surface area (TPSA) is 42.4 Å². The molecule has 0 fully saturated rings. The highest BCUT2D eigenvalue weighted by Crippen LogP contribution is 2.20. The first-order valence-corrected chi connectivity index (χ1v) is 10.8. The Bertz CT molecular complexity index is 954. The number of carbonyl (C=O) groups is 1. The van der Waals surface area contributed by atoms with Crippen LogP contribution in [-0.2, 0) is 13.2 Å². The van der Waals surface area contributed by atoms with Gasteiger partial charge in [0, 0.05) is 22.5 Å². The number of hydrogen-bond acceptors (Lipinski definition) is 4. The molecule has 1 amide bonds. The van der Waals surface area contributed by atoms with Gasteiger partial charge in [0.2, 0.25) is 0 Å². The van der Waals surface area contributed by atoms with E-state index in [0.29, 0.717) is 36.2 Å². The minimum atomic E-state index is 0.0364. The van der Waals surface area contributed by atoms with Crippen molar-refractivity contribution >= 4 is 28.8 Å². The van der Waals surface area contributed by atoms with E-state index in [9.17, 15) is 4.79 Å². The molecule has 2 aromatic carbocycles. The summed E-state index contributed by atoms with van der Waals surface area (Å²) in [5, 5.41) is 3.55. The average Bonchev–Trinajstić information content (AvgIpc) is 3.13. The van der Waals surface area contributed by atoms with Crippen molar-refractivity contribution in [3.05, 3.63) is 80.8 Å².